The van der Waals surface area contributed by atoms with Gasteiger partial charge in [0.05, 0.1) is 10.5 Å². The molecule has 3 N–H and O–H groups in total. The molecule has 9 nitrogen and oxygen atoms in total. The van der Waals surface area contributed by atoms with Crippen LogP contribution in [0.15, 0.2) is 83.8 Å². The molecule has 0 aliphatic rings. The minimum absolute atomic E-state index is 0.0693. The standard InChI is InChI=1S/C24H23N3O6S/c1-16-11-13-20(14-12-16)27-34(31,32)21-10-6-7-18(15-21)23(29)33-17(2)22(28)26-24(30)25-19-8-4-3-5-9-19/h3-15,17,27H,1-2H3,(H2,25,26,28,30). The summed E-state index contributed by atoms with van der Waals surface area (Å²) in [5.74, 6) is -1.76. The number of hydrogen-bond acceptors (Lipinski definition) is 6. The van der Waals surface area contributed by atoms with E-state index in [1.165, 1.54) is 25.1 Å². The van der Waals surface area contributed by atoms with Crippen molar-refractivity contribution in [2.45, 2.75) is 24.8 Å². The average Bonchev–Trinajstić information content (AvgIpc) is 2.81. The van der Waals surface area contributed by atoms with Gasteiger partial charge >= 0.3 is 12.0 Å². The van der Waals surface area contributed by atoms with Gasteiger partial charge in [-0.05, 0) is 56.3 Å². The van der Waals surface area contributed by atoms with Crippen LogP contribution in [0.25, 0.3) is 0 Å². The van der Waals surface area contributed by atoms with Crippen molar-refractivity contribution in [3.63, 3.8) is 0 Å². The van der Waals surface area contributed by atoms with Crippen molar-refractivity contribution in [1.29, 1.82) is 0 Å². The quantitative estimate of drug-likeness (QED) is 0.441. The Hall–Kier alpha value is -4.18. The van der Waals surface area contributed by atoms with Crippen LogP contribution >= 0.6 is 0 Å². The van der Waals surface area contributed by atoms with Gasteiger partial charge in [-0.3, -0.25) is 14.8 Å². The van der Waals surface area contributed by atoms with Crippen LogP contribution in [0.2, 0.25) is 0 Å². The lowest BCUT2D eigenvalue weighted by Crippen LogP contribution is -2.41. The first kappa shape index (κ1) is 24.5. The highest BCUT2D eigenvalue weighted by molar-refractivity contribution is 7.92. The van der Waals surface area contributed by atoms with Gasteiger partial charge in [-0.25, -0.2) is 18.0 Å². The lowest BCUT2D eigenvalue weighted by atomic mass is 10.2. The molecule has 0 fully saturated rings. The molecule has 0 aliphatic heterocycles. The molecule has 3 aromatic carbocycles. The van der Waals surface area contributed by atoms with E-state index in [-0.39, 0.29) is 10.5 Å². The highest BCUT2D eigenvalue weighted by atomic mass is 32.2. The van der Waals surface area contributed by atoms with Crippen LogP contribution in [-0.4, -0.2) is 32.4 Å². The van der Waals surface area contributed by atoms with Gasteiger partial charge in [0, 0.05) is 11.4 Å². The van der Waals surface area contributed by atoms with Crippen LogP contribution in [0.4, 0.5) is 16.2 Å². The lowest BCUT2D eigenvalue weighted by molar-refractivity contribution is -0.127. The predicted molar refractivity (Wildman–Crippen MR) is 127 cm³/mol. The minimum Gasteiger partial charge on any atom is -0.449 e. The van der Waals surface area contributed by atoms with Gasteiger partial charge in [0.15, 0.2) is 6.10 Å². The molecule has 3 rings (SSSR count). The summed E-state index contributed by atoms with van der Waals surface area (Å²) in [7, 11) is -3.96. The molecular weight excluding hydrogens is 458 g/mol. The van der Waals surface area contributed by atoms with Gasteiger partial charge < -0.3 is 10.1 Å². The van der Waals surface area contributed by atoms with Gasteiger partial charge in [0.2, 0.25) is 0 Å². The number of imide groups is 1. The molecule has 1 unspecified atom stereocenters. The van der Waals surface area contributed by atoms with Crippen LogP contribution in [-0.2, 0) is 19.6 Å². The number of esters is 1. The van der Waals surface area contributed by atoms with E-state index in [4.69, 9.17) is 4.74 Å². The number of para-hydroxylation sites is 1. The highest BCUT2D eigenvalue weighted by Gasteiger charge is 2.22. The molecule has 3 aromatic rings. The van der Waals surface area contributed by atoms with Crippen LogP contribution in [0, 0.1) is 6.92 Å². The molecule has 176 valence electrons. The van der Waals surface area contributed by atoms with Gasteiger partial charge in [-0.15, -0.1) is 0 Å². The Kier molecular flexibility index (Phi) is 7.64. The molecule has 10 heteroatoms. The Morgan fingerprint density at radius 1 is 0.853 bits per heavy atom. The van der Waals surface area contributed by atoms with E-state index in [0.29, 0.717) is 11.4 Å². The molecule has 0 saturated carbocycles. The second kappa shape index (κ2) is 10.6. The molecular formula is C24H23N3O6S. The third-order valence-electron chi connectivity index (χ3n) is 4.61. The number of sulfonamides is 1. The van der Waals surface area contributed by atoms with E-state index in [0.717, 1.165) is 11.6 Å². The van der Waals surface area contributed by atoms with Crippen molar-refractivity contribution in [2.75, 3.05) is 10.0 Å². The van der Waals surface area contributed by atoms with Crippen LogP contribution in [0.5, 0.6) is 0 Å². The number of rotatable bonds is 7. The molecule has 34 heavy (non-hydrogen) atoms. The van der Waals surface area contributed by atoms with E-state index in [1.807, 2.05) is 6.92 Å². The van der Waals surface area contributed by atoms with Crippen molar-refractivity contribution in [3.8, 4) is 0 Å². The van der Waals surface area contributed by atoms with E-state index in [1.54, 1.807) is 54.6 Å². The maximum absolute atomic E-state index is 12.7. The first-order chi connectivity index (χ1) is 16.1. The molecule has 3 amide bonds. The summed E-state index contributed by atoms with van der Waals surface area (Å²) in [4.78, 5) is 36.5. The van der Waals surface area contributed by atoms with Crippen LogP contribution < -0.4 is 15.4 Å². The zero-order valence-corrected chi connectivity index (χ0v) is 19.3. The number of ether oxygens (including phenoxy) is 1. The largest absolute Gasteiger partial charge is 0.449 e. The number of anilines is 2. The zero-order valence-electron chi connectivity index (χ0n) is 18.4. The summed E-state index contributed by atoms with van der Waals surface area (Å²) in [6.45, 7) is 3.17. The normalized spacial score (nSPS) is 11.7. The second-order valence-corrected chi connectivity index (χ2v) is 9.04. The number of carbonyl (C=O) groups is 3. The van der Waals surface area contributed by atoms with E-state index >= 15 is 0 Å². The third kappa shape index (κ3) is 6.66. The number of aryl methyl sites for hydroxylation is 1. The SMILES string of the molecule is Cc1ccc(NS(=O)(=O)c2cccc(C(=O)OC(C)C(=O)NC(=O)Nc3ccccc3)c2)cc1. The first-order valence-corrected chi connectivity index (χ1v) is 11.7. The second-order valence-electron chi connectivity index (χ2n) is 7.36. The third-order valence-corrected chi connectivity index (χ3v) is 5.98. The van der Waals surface area contributed by atoms with Crippen LogP contribution in [0.3, 0.4) is 0 Å². The van der Waals surface area contributed by atoms with E-state index in [9.17, 15) is 22.8 Å². The number of urea groups is 1. The van der Waals surface area contributed by atoms with Crippen molar-refractivity contribution >= 4 is 39.3 Å². The van der Waals surface area contributed by atoms with Gasteiger partial charge in [-0.1, -0.05) is 42.0 Å². The monoisotopic (exact) mass is 481 g/mol. The number of hydrogen-bond donors (Lipinski definition) is 3. The Bertz CT molecular complexity index is 1290. The Morgan fingerprint density at radius 2 is 1.53 bits per heavy atom. The van der Waals surface area contributed by atoms with Gasteiger partial charge in [-0.2, -0.15) is 0 Å². The Morgan fingerprint density at radius 3 is 2.21 bits per heavy atom. The fraction of sp³-hybridized carbons (Fsp3) is 0.125. The summed E-state index contributed by atoms with van der Waals surface area (Å²) >= 11 is 0. The number of carbonyl (C=O) groups excluding carboxylic acids is 3. The fourth-order valence-corrected chi connectivity index (χ4v) is 3.91. The Balaban J connectivity index is 1.62. The molecule has 0 bridgehead atoms. The topological polar surface area (TPSA) is 131 Å². The van der Waals surface area contributed by atoms with Crippen molar-refractivity contribution < 1.29 is 27.5 Å². The summed E-state index contributed by atoms with van der Waals surface area (Å²) in [6.07, 6.45) is -1.31. The lowest BCUT2D eigenvalue weighted by Gasteiger charge is -2.14. The number of nitrogens with one attached hydrogen (secondary N) is 3. The summed E-state index contributed by atoms with van der Waals surface area (Å²) in [5.41, 5.74) is 1.76. The van der Waals surface area contributed by atoms with Crippen molar-refractivity contribution in [2.24, 2.45) is 0 Å². The summed E-state index contributed by atoms with van der Waals surface area (Å²) in [5, 5.41) is 4.55. The highest BCUT2D eigenvalue weighted by Crippen LogP contribution is 2.18. The Labute approximate surface area is 197 Å². The smallest absolute Gasteiger partial charge is 0.338 e. The maximum Gasteiger partial charge on any atom is 0.338 e. The molecule has 0 heterocycles. The zero-order chi connectivity index (χ0) is 24.7. The van der Waals surface area contributed by atoms with E-state index < -0.39 is 34.0 Å². The van der Waals surface area contributed by atoms with E-state index in [2.05, 4.69) is 15.4 Å². The van der Waals surface area contributed by atoms with Crippen molar-refractivity contribution in [3.05, 3.63) is 90.0 Å². The van der Waals surface area contributed by atoms with Gasteiger partial charge in [0.25, 0.3) is 15.9 Å². The predicted octanol–water partition coefficient (Wildman–Crippen LogP) is 3.69. The van der Waals surface area contributed by atoms with Crippen molar-refractivity contribution in [1.82, 2.24) is 5.32 Å². The number of benzene rings is 3. The summed E-state index contributed by atoms with van der Waals surface area (Å²) < 4.78 is 32.9. The molecule has 0 aliphatic carbocycles. The molecule has 0 saturated heterocycles. The summed E-state index contributed by atoms with van der Waals surface area (Å²) in [6, 6.07) is 19.7. The molecule has 0 radical (unpaired) electrons. The number of amides is 3. The first-order valence-electron chi connectivity index (χ1n) is 10.2. The maximum atomic E-state index is 12.7. The van der Waals surface area contributed by atoms with Crippen LogP contribution in [0.1, 0.15) is 22.8 Å². The average molecular weight is 482 g/mol. The minimum atomic E-state index is -3.96. The molecule has 0 spiro atoms. The fourth-order valence-electron chi connectivity index (χ4n) is 2.81. The molecule has 1 atom stereocenters. The molecule has 0 aromatic heterocycles. The van der Waals surface area contributed by atoms with Gasteiger partial charge in [0.1, 0.15) is 0 Å².